The van der Waals surface area contributed by atoms with E-state index in [2.05, 4.69) is 35.3 Å². The van der Waals surface area contributed by atoms with Gasteiger partial charge in [0, 0.05) is 12.3 Å². The van der Waals surface area contributed by atoms with Crippen LogP contribution in [0.4, 0.5) is 0 Å². The topological polar surface area (TPSA) is 45.9 Å². The largest absolute Gasteiger partial charge is 0.473 e. The molecule has 3 heteroatoms. The molecule has 0 aliphatic carbocycles. The maximum absolute atomic E-state index is 8.85. The van der Waals surface area contributed by atoms with Crippen molar-refractivity contribution in [2.24, 2.45) is 0 Å². The van der Waals surface area contributed by atoms with Crippen molar-refractivity contribution in [1.29, 1.82) is 5.26 Å². The van der Waals surface area contributed by atoms with Crippen molar-refractivity contribution in [3.8, 4) is 23.1 Å². The molecule has 3 nitrogen and oxygen atoms in total. The maximum atomic E-state index is 8.85. The molecule has 0 N–H and O–H groups in total. The Labute approximate surface area is 129 Å². The molecule has 0 atom stereocenters. The smallest absolute Gasteiger partial charge is 0.214 e. The summed E-state index contributed by atoms with van der Waals surface area (Å²) in [4.78, 5) is 4.09. The lowest BCUT2D eigenvalue weighted by atomic mass is 10.0. The maximum Gasteiger partial charge on any atom is 0.214 e. The molecule has 2 aromatic carbocycles. The molecule has 0 bridgehead atoms. The van der Waals surface area contributed by atoms with Crippen LogP contribution in [0.15, 0.2) is 72.9 Å². The molecule has 0 unspecified atom stereocenters. The third-order valence-electron chi connectivity index (χ3n) is 3.31. The van der Waals surface area contributed by atoms with Gasteiger partial charge < -0.3 is 4.74 Å². The van der Waals surface area contributed by atoms with Crippen molar-refractivity contribution in [2.45, 2.75) is 6.61 Å². The molecule has 22 heavy (non-hydrogen) atoms. The molecule has 0 saturated carbocycles. The lowest BCUT2D eigenvalue weighted by Crippen LogP contribution is -1.97. The third-order valence-corrected chi connectivity index (χ3v) is 3.31. The van der Waals surface area contributed by atoms with E-state index in [9.17, 15) is 0 Å². The van der Waals surface area contributed by atoms with Crippen molar-refractivity contribution in [1.82, 2.24) is 4.98 Å². The number of hydrogen-bond donors (Lipinski definition) is 0. The van der Waals surface area contributed by atoms with E-state index in [-0.39, 0.29) is 0 Å². The predicted octanol–water partition coefficient (Wildman–Crippen LogP) is 4.20. The van der Waals surface area contributed by atoms with Gasteiger partial charge in [-0.05, 0) is 22.8 Å². The van der Waals surface area contributed by atoms with Gasteiger partial charge in [0.1, 0.15) is 6.61 Å². The van der Waals surface area contributed by atoms with Crippen LogP contribution < -0.4 is 4.74 Å². The standard InChI is InChI=1S/C19H14N2O/c20-13-16-10-11-21-19(12-16)22-14-15-6-8-18(9-7-15)17-4-2-1-3-5-17/h1-12H,14H2. The van der Waals surface area contributed by atoms with Crippen molar-refractivity contribution in [2.75, 3.05) is 0 Å². The monoisotopic (exact) mass is 286 g/mol. The number of pyridine rings is 1. The van der Waals surface area contributed by atoms with Crippen molar-refractivity contribution < 1.29 is 4.74 Å². The van der Waals surface area contributed by atoms with Gasteiger partial charge >= 0.3 is 0 Å². The first-order valence-electron chi connectivity index (χ1n) is 6.98. The molecule has 0 aliphatic rings. The summed E-state index contributed by atoms with van der Waals surface area (Å²) in [6, 6.07) is 23.8. The first-order chi connectivity index (χ1) is 10.8. The Morgan fingerprint density at radius 1 is 0.909 bits per heavy atom. The van der Waals surface area contributed by atoms with Gasteiger partial charge in [0.15, 0.2) is 0 Å². The average molecular weight is 286 g/mol. The molecular formula is C19H14N2O. The van der Waals surface area contributed by atoms with Gasteiger partial charge in [-0.15, -0.1) is 0 Å². The lowest BCUT2D eigenvalue weighted by molar-refractivity contribution is 0.294. The summed E-state index contributed by atoms with van der Waals surface area (Å²) in [5.41, 5.74) is 3.97. The fourth-order valence-electron chi connectivity index (χ4n) is 2.14. The number of nitrogens with zero attached hydrogens (tertiary/aromatic N) is 2. The van der Waals surface area contributed by atoms with Crippen LogP contribution in [0.2, 0.25) is 0 Å². The van der Waals surface area contributed by atoms with Crippen molar-refractivity contribution in [3.05, 3.63) is 84.1 Å². The Morgan fingerprint density at radius 2 is 1.64 bits per heavy atom. The molecule has 3 rings (SSSR count). The second kappa shape index (κ2) is 6.55. The fraction of sp³-hybridized carbons (Fsp3) is 0.0526. The Morgan fingerprint density at radius 3 is 2.36 bits per heavy atom. The zero-order valence-electron chi connectivity index (χ0n) is 11.9. The summed E-state index contributed by atoms with van der Waals surface area (Å²) in [5, 5.41) is 8.85. The van der Waals surface area contributed by atoms with Gasteiger partial charge in [0.05, 0.1) is 11.6 Å². The van der Waals surface area contributed by atoms with Gasteiger partial charge in [-0.1, -0.05) is 54.6 Å². The van der Waals surface area contributed by atoms with Crippen LogP contribution >= 0.6 is 0 Å². The number of aromatic nitrogens is 1. The van der Waals surface area contributed by atoms with Gasteiger partial charge in [-0.25, -0.2) is 4.98 Å². The van der Waals surface area contributed by atoms with E-state index in [1.807, 2.05) is 30.3 Å². The normalized spacial score (nSPS) is 9.95. The quantitative estimate of drug-likeness (QED) is 0.722. The Hall–Kier alpha value is -3.12. The highest BCUT2D eigenvalue weighted by molar-refractivity contribution is 5.63. The zero-order valence-corrected chi connectivity index (χ0v) is 11.9. The molecular weight excluding hydrogens is 272 g/mol. The summed E-state index contributed by atoms with van der Waals surface area (Å²) in [6.07, 6.45) is 1.58. The van der Waals surface area contributed by atoms with E-state index < -0.39 is 0 Å². The van der Waals surface area contributed by atoms with Crippen LogP contribution in [-0.4, -0.2) is 4.98 Å². The predicted molar refractivity (Wildman–Crippen MR) is 85.2 cm³/mol. The van der Waals surface area contributed by atoms with E-state index >= 15 is 0 Å². The van der Waals surface area contributed by atoms with Crippen LogP contribution in [0, 0.1) is 11.3 Å². The number of nitriles is 1. The fourth-order valence-corrected chi connectivity index (χ4v) is 2.14. The average Bonchev–Trinajstić information content (AvgIpc) is 2.61. The highest BCUT2D eigenvalue weighted by atomic mass is 16.5. The first kappa shape index (κ1) is 13.8. The van der Waals surface area contributed by atoms with Crippen molar-refractivity contribution >= 4 is 0 Å². The summed E-state index contributed by atoms with van der Waals surface area (Å²) >= 11 is 0. The summed E-state index contributed by atoms with van der Waals surface area (Å²) in [7, 11) is 0. The Bertz CT molecular complexity index is 790. The van der Waals surface area contributed by atoms with E-state index in [1.54, 1.807) is 18.3 Å². The van der Waals surface area contributed by atoms with Crippen LogP contribution in [0.25, 0.3) is 11.1 Å². The SMILES string of the molecule is N#Cc1ccnc(OCc2ccc(-c3ccccc3)cc2)c1. The van der Waals surface area contributed by atoms with E-state index in [0.29, 0.717) is 18.1 Å². The number of benzene rings is 2. The van der Waals surface area contributed by atoms with Gasteiger partial charge in [0.25, 0.3) is 0 Å². The lowest BCUT2D eigenvalue weighted by Gasteiger charge is -2.07. The molecule has 1 aromatic heterocycles. The molecule has 0 amide bonds. The highest BCUT2D eigenvalue weighted by Crippen LogP contribution is 2.20. The molecule has 106 valence electrons. The Kier molecular flexibility index (Phi) is 4.12. The van der Waals surface area contributed by atoms with E-state index in [4.69, 9.17) is 10.00 Å². The van der Waals surface area contributed by atoms with Crippen molar-refractivity contribution in [3.63, 3.8) is 0 Å². The second-order valence-electron chi connectivity index (χ2n) is 4.85. The second-order valence-corrected chi connectivity index (χ2v) is 4.85. The third kappa shape index (κ3) is 3.31. The minimum Gasteiger partial charge on any atom is -0.473 e. The summed E-state index contributed by atoms with van der Waals surface area (Å²) in [6.45, 7) is 0.428. The Balaban J connectivity index is 1.68. The highest BCUT2D eigenvalue weighted by Gasteiger charge is 2.01. The summed E-state index contributed by atoms with van der Waals surface area (Å²) < 4.78 is 5.62. The van der Waals surface area contributed by atoms with Crippen LogP contribution in [0.3, 0.4) is 0 Å². The van der Waals surface area contributed by atoms with Gasteiger partial charge in [-0.3, -0.25) is 0 Å². The number of hydrogen-bond acceptors (Lipinski definition) is 3. The van der Waals surface area contributed by atoms with Gasteiger partial charge in [0.2, 0.25) is 5.88 Å². The van der Waals surface area contributed by atoms with E-state index in [1.165, 1.54) is 11.1 Å². The van der Waals surface area contributed by atoms with Crippen LogP contribution in [0.5, 0.6) is 5.88 Å². The molecule has 0 spiro atoms. The summed E-state index contributed by atoms with van der Waals surface area (Å²) in [5.74, 6) is 0.464. The molecule has 3 aromatic rings. The van der Waals surface area contributed by atoms with Crippen LogP contribution in [-0.2, 0) is 6.61 Å². The molecule has 0 aliphatic heterocycles. The molecule has 0 radical (unpaired) electrons. The molecule has 0 saturated heterocycles. The van der Waals surface area contributed by atoms with Gasteiger partial charge in [-0.2, -0.15) is 5.26 Å². The van der Waals surface area contributed by atoms with E-state index in [0.717, 1.165) is 5.56 Å². The zero-order chi connectivity index (χ0) is 15.2. The van der Waals surface area contributed by atoms with Crippen LogP contribution in [0.1, 0.15) is 11.1 Å². The number of ether oxygens (including phenoxy) is 1. The first-order valence-corrected chi connectivity index (χ1v) is 6.98. The minimum atomic E-state index is 0.428. The molecule has 0 fully saturated rings. The molecule has 1 heterocycles. The minimum absolute atomic E-state index is 0.428. The number of rotatable bonds is 4.